The molecule has 116 valence electrons. The van der Waals surface area contributed by atoms with Crippen LogP contribution in [-0.4, -0.2) is 10.7 Å². The highest BCUT2D eigenvalue weighted by Gasteiger charge is 2.36. The van der Waals surface area contributed by atoms with Crippen LogP contribution >= 0.6 is 11.3 Å². The monoisotopic (exact) mass is 332 g/mol. The largest absolute Gasteiger partial charge is 0.436 e. The predicted molar refractivity (Wildman–Crippen MR) is 85.3 cm³/mol. The maximum Gasteiger partial charge on any atom is 0.436 e. The normalized spacial score (nSPS) is 11.3. The maximum atomic E-state index is 13.0. The van der Waals surface area contributed by atoms with Crippen molar-refractivity contribution in [2.75, 3.05) is 0 Å². The van der Waals surface area contributed by atoms with Gasteiger partial charge in [-0.1, -0.05) is 60.7 Å². The lowest BCUT2D eigenvalue weighted by atomic mass is 10.0. The van der Waals surface area contributed by atoms with Crippen LogP contribution < -0.4 is 0 Å². The van der Waals surface area contributed by atoms with Crippen molar-refractivity contribution in [2.45, 2.75) is 6.18 Å². The Hall–Kier alpha value is -2.47. The van der Waals surface area contributed by atoms with Gasteiger partial charge in [-0.15, -0.1) is 11.3 Å². The molecule has 0 amide bonds. The van der Waals surface area contributed by atoms with Crippen LogP contribution in [0.1, 0.15) is 16.8 Å². The van der Waals surface area contributed by atoms with Gasteiger partial charge in [-0.25, -0.2) is 9.98 Å². The van der Waals surface area contributed by atoms with E-state index in [2.05, 4.69) is 9.98 Å². The minimum Gasteiger partial charge on any atom is -0.238 e. The van der Waals surface area contributed by atoms with Crippen LogP contribution in [0.25, 0.3) is 0 Å². The molecule has 0 aliphatic rings. The molecule has 2 nitrogen and oxygen atoms in total. The predicted octanol–water partition coefficient (Wildman–Crippen LogP) is 5.33. The van der Waals surface area contributed by atoms with Crippen molar-refractivity contribution >= 4 is 22.0 Å². The summed E-state index contributed by atoms with van der Waals surface area (Å²) in [6.45, 7) is 0. The first-order chi connectivity index (χ1) is 11.1. The van der Waals surface area contributed by atoms with E-state index in [-0.39, 0.29) is 5.00 Å². The number of alkyl halides is 3. The summed E-state index contributed by atoms with van der Waals surface area (Å²) < 4.78 is 39.0. The van der Waals surface area contributed by atoms with E-state index in [4.69, 9.17) is 0 Å². The number of aromatic nitrogens is 1. The molecule has 0 unspecified atom stereocenters. The molecule has 0 aliphatic carbocycles. The van der Waals surface area contributed by atoms with Crippen LogP contribution in [0.2, 0.25) is 0 Å². The van der Waals surface area contributed by atoms with E-state index in [1.54, 1.807) is 0 Å². The number of benzene rings is 2. The lowest BCUT2D eigenvalue weighted by molar-refractivity contribution is -0.140. The van der Waals surface area contributed by atoms with Crippen molar-refractivity contribution in [1.29, 1.82) is 0 Å². The Morgan fingerprint density at radius 3 is 1.87 bits per heavy atom. The zero-order chi connectivity index (χ0) is 16.3. The van der Waals surface area contributed by atoms with Gasteiger partial charge in [-0.3, -0.25) is 0 Å². The van der Waals surface area contributed by atoms with Gasteiger partial charge in [-0.05, 0) is 0 Å². The number of halogens is 3. The molecule has 3 aromatic rings. The Morgan fingerprint density at radius 1 is 0.870 bits per heavy atom. The van der Waals surface area contributed by atoms with E-state index in [0.29, 0.717) is 5.71 Å². The number of nitrogens with zero attached hydrogens (tertiary/aromatic N) is 2. The molecule has 23 heavy (non-hydrogen) atoms. The van der Waals surface area contributed by atoms with E-state index >= 15 is 0 Å². The van der Waals surface area contributed by atoms with E-state index in [0.717, 1.165) is 28.0 Å². The number of aliphatic imine (C=N–C) groups is 1. The summed E-state index contributed by atoms with van der Waals surface area (Å²) in [6, 6.07) is 18.3. The topological polar surface area (TPSA) is 25.2 Å². The van der Waals surface area contributed by atoms with Gasteiger partial charge in [0, 0.05) is 11.1 Å². The third-order valence-electron chi connectivity index (χ3n) is 3.13. The fraction of sp³-hybridized carbons (Fsp3) is 0.0588. The van der Waals surface area contributed by atoms with E-state index < -0.39 is 11.9 Å². The highest BCUT2D eigenvalue weighted by atomic mass is 32.1. The first-order valence-corrected chi connectivity index (χ1v) is 7.64. The zero-order valence-electron chi connectivity index (χ0n) is 11.8. The van der Waals surface area contributed by atoms with E-state index in [9.17, 15) is 13.2 Å². The van der Waals surface area contributed by atoms with Gasteiger partial charge in [0.2, 0.25) is 0 Å². The van der Waals surface area contributed by atoms with Crippen molar-refractivity contribution in [3.8, 4) is 0 Å². The maximum absolute atomic E-state index is 13.0. The first-order valence-electron chi connectivity index (χ1n) is 6.76. The third kappa shape index (κ3) is 3.48. The molecule has 0 bridgehead atoms. The standard InChI is InChI=1S/C17H11F3N2S/c18-17(19,20)15-16(23-11-21-15)22-14(12-7-3-1-4-8-12)13-9-5-2-6-10-13/h1-11H. The van der Waals surface area contributed by atoms with Gasteiger partial charge < -0.3 is 0 Å². The number of thiazole rings is 1. The molecule has 0 saturated carbocycles. The number of hydrogen-bond acceptors (Lipinski definition) is 3. The minimum absolute atomic E-state index is 0.139. The third-order valence-corrected chi connectivity index (χ3v) is 3.84. The molecule has 0 aliphatic heterocycles. The summed E-state index contributed by atoms with van der Waals surface area (Å²) in [5, 5.41) is -0.139. The van der Waals surface area contributed by atoms with Gasteiger partial charge in [0.15, 0.2) is 5.69 Å². The van der Waals surface area contributed by atoms with E-state index in [1.807, 2.05) is 60.7 Å². The molecule has 0 radical (unpaired) electrons. The summed E-state index contributed by atoms with van der Waals surface area (Å²) in [5.41, 5.74) is 2.20. The Labute approximate surface area is 135 Å². The quantitative estimate of drug-likeness (QED) is 0.595. The van der Waals surface area contributed by atoms with Crippen LogP contribution in [0.15, 0.2) is 71.2 Å². The summed E-state index contributed by atoms with van der Waals surface area (Å²) >= 11 is 0.875. The molecule has 6 heteroatoms. The lowest BCUT2D eigenvalue weighted by Crippen LogP contribution is -2.07. The molecule has 0 spiro atoms. The number of hydrogen-bond donors (Lipinski definition) is 0. The highest BCUT2D eigenvalue weighted by Crippen LogP contribution is 2.38. The molecule has 1 heterocycles. The van der Waals surface area contributed by atoms with Crippen molar-refractivity contribution in [2.24, 2.45) is 4.99 Å². The smallest absolute Gasteiger partial charge is 0.238 e. The molecule has 1 aromatic heterocycles. The number of rotatable bonds is 3. The fourth-order valence-electron chi connectivity index (χ4n) is 2.10. The van der Waals surface area contributed by atoms with Crippen LogP contribution in [0.5, 0.6) is 0 Å². The Kier molecular flexibility index (Phi) is 4.25. The average Bonchev–Trinajstić information content (AvgIpc) is 3.03. The van der Waals surface area contributed by atoms with Gasteiger partial charge in [0.1, 0.15) is 5.00 Å². The van der Waals surface area contributed by atoms with Crippen molar-refractivity contribution in [1.82, 2.24) is 4.98 Å². The molecule has 0 fully saturated rings. The molecule has 0 N–H and O–H groups in total. The molecule has 2 aromatic carbocycles. The van der Waals surface area contributed by atoms with Crippen LogP contribution in [0.3, 0.4) is 0 Å². The van der Waals surface area contributed by atoms with Crippen molar-refractivity contribution in [3.63, 3.8) is 0 Å². The fourth-order valence-corrected chi connectivity index (χ4v) is 2.79. The van der Waals surface area contributed by atoms with Crippen molar-refractivity contribution < 1.29 is 13.2 Å². The van der Waals surface area contributed by atoms with Crippen LogP contribution in [0.4, 0.5) is 18.2 Å². The highest BCUT2D eigenvalue weighted by molar-refractivity contribution is 7.13. The second-order valence-corrected chi connectivity index (χ2v) is 5.53. The Morgan fingerprint density at radius 2 is 1.39 bits per heavy atom. The summed E-state index contributed by atoms with van der Waals surface area (Å²) in [6.07, 6.45) is -4.52. The molecular formula is C17H11F3N2S. The van der Waals surface area contributed by atoms with E-state index in [1.165, 1.54) is 0 Å². The minimum atomic E-state index is -4.52. The Bertz CT molecular complexity index is 767. The second-order valence-electron chi connectivity index (χ2n) is 4.70. The molecule has 3 rings (SSSR count). The van der Waals surface area contributed by atoms with Crippen LogP contribution in [-0.2, 0) is 6.18 Å². The van der Waals surface area contributed by atoms with Gasteiger partial charge >= 0.3 is 6.18 Å². The summed E-state index contributed by atoms with van der Waals surface area (Å²) in [5.74, 6) is 0. The van der Waals surface area contributed by atoms with Gasteiger partial charge in [0.05, 0.1) is 11.2 Å². The molecular weight excluding hydrogens is 321 g/mol. The second kappa shape index (κ2) is 6.34. The Balaban J connectivity index is 2.16. The molecule has 0 atom stereocenters. The average molecular weight is 332 g/mol. The summed E-state index contributed by atoms with van der Waals surface area (Å²) in [4.78, 5) is 7.69. The molecule has 0 saturated heterocycles. The lowest BCUT2D eigenvalue weighted by Gasteiger charge is -2.08. The first kappa shape index (κ1) is 15.4. The van der Waals surface area contributed by atoms with Crippen molar-refractivity contribution in [3.05, 3.63) is 83.0 Å². The summed E-state index contributed by atoms with van der Waals surface area (Å²) in [7, 11) is 0. The van der Waals surface area contributed by atoms with Gasteiger partial charge in [-0.2, -0.15) is 13.2 Å². The van der Waals surface area contributed by atoms with Gasteiger partial charge in [0.25, 0.3) is 0 Å². The zero-order valence-corrected chi connectivity index (χ0v) is 12.6. The van der Waals surface area contributed by atoms with Crippen LogP contribution in [0, 0.1) is 0 Å². The SMILES string of the molecule is FC(F)(F)c1ncsc1N=C(c1ccccc1)c1ccccc1.